The Balaban J connectivity index is 2.10. The van der Waals surface area contributed by atoms with Crippen LogP contribution in [0.4, 0.5) is 0 Å². The van der Waals surface area contributed by atoms with Crippen LogP contribution in [0.5, 0.6) is 0 Å². The first-order valence-electron chi connectivity index (χ1n) is 6.13. The predicted octanol–water partition coefficient (Wildman–Crippen LogP) is 2.58. The van der Waals surface area contributed by atoms with Crippen molar-refractivity contribution in [2.75, 3.05) is 20.2 Å². The first kappa shape index (κ1) is 12.0. The molecule has 1 N–H and O–H groups in total. The van der Waals surface area contributed by atoms with Gasteiger partial charge in [0.15, 0.2) is 0 Å². The highest BCUT2D eigenvalue weighted by molar-refractivity contribution is 4.69. The fourth-order valence-electron chi connectivity index (χ4n) is 2.34. The van der Waals surface area contributed by atoms with Crippen molar-refractivity contribution in [3.05, 3.63) is 0 Å². The molecule has 0 saturated carbocycles. The summed E-state index contributed by atoms with van der Waals surface area (Å²) in [5, 5.41) is 3.29. The van der Waals surface area contributed by atoms with Gasteiger partial charge in [0.2, 0.25) is 0 Å². The average molecular weight is 199 g/mol. The van der Waals surface area contributed by atoms with E-state index in [4.69, 9.17) is 4.74 Å². The van der Waals surface area contributed by atoms with Gasteiger partial charge >= 0.3 is 0 Å². The van der Waals surface area contributed by atoms with E-state index >= 15 is 0 Å². The van der Waals surface area contributed by atoms with Crippen molar-refractivity contribution in [3.8, 4) is 0 Å². The Kier molecular flexibility index (Phi) is 6.20. The van der Waals surface area contributed by atoms with Crippen molar-refractivity contribution in [3.63, 3.8) is 0 Å². The maximum absolute atomic E-state index is 5.64. The van der Waals surface area contributed by atoms with Crippen molar-refractivity contribution < 1.29 is 4.74 Å². The summed E-state index contributed by atoms with van der Waals surface area (Å²) < 4.78 is 5.64. The molecule has 0 aromatic heterocycles. The van der Waals surface area contributed by atoms with E-state index in [-0.39, 0.29) is 0 Å². The maximum Gasteiger partial charge on any atom is 0.0576 e. The van der Waals surface area contributed by atoms with Crippen LogP contribution >= 0.6 is 0 Å². The molecule has 2 atom stereocenters. The minimum atomic E-state index is 0.575. The van der Waals surface area contributed by atoms with Crippen molar-refractivity contribution in [1.29, 1.82) is 0 Å². The van der Waals surface area contributed by atoms with Crippen molar-refractivity contribution in [1.82, 2.24) is 5.32 Å². The van der Waals surface area contributed by atoms with E-state index < -0.39 is 0 Å². The topological polar surface area (TPSA) is 21.3 Å². The molecule has 0 radical (unpaired) electrons. The normalized spacial score (nSPS) is 24.0. The van der Waals surface area contributed by atoms with Gasteiger partial charge in [0.25, 0.3) is 0 Å². The minimum absolute atomic E-state index is 0.575. The molecule has 1 aliphatic rings. The second-order valence-electron chi connectivity index (χ2n) is 4.42. The minimum Gasteiger partial charge on any atom is -0.378 e. The molecule has 2 unspecified atom stereocenters. The first-order valence-corrected chi connectivity index (χ1v) is 6.13. The van der Waals surface area contributed by atoms with Gasteiger partial charge in [-0.25, -0.2) is 0 Å². The highest BCUT2D eigenvalue weighted by Crippen LogP contribution is 2.21. The summed E-state index contributed by atoms with van der Waals surface area (Å²) in [7, 11) is 2.05. The lowest BCUT2D eigenvalue weighted by molar-refractivity contribution is 0.0975. The highest BCUT2D eigenvalue weighted by Gasteiger charge is 2.17. The van der Waals surface area contributed by atoms with Crippen molar-refractivity contribution in [2.45, 2.75) is 51.6 Å². The summed E-state index contributed by atoms with van der Waals surface area (Å²) in [5.74, 6) is 0.856. The number of nitrogens with one attached hydrogen (secondary N) is 1. The fraction of sp³-hybridized carbons (Fsp3) is 1.00. The van der Waals surface area contributed by atoms with Crippen LogP contribution in [-0.2, 0) is 4.74 Å². The van der Waals surface area contributed by atoms with Gasteiger partial charge in [-0.1, -0.05) is 13.3 Å². The van der Waals surface area contributed by atoms with E-state index in [1.54, 1.807) is 0 Å². The van der Waals surface area contributed by atoms with Crippen LogP contribution in [0.1, 0.15) is 45.4 Å². The summed E-state index contributed by atoms with van der Waals surface area (Å²) in [4.78, 5) is 0. The second-order valence-corrected chi connectivity index (χ2v) is 4.42. The number of hydrogen-bond donors (Lipinski definition) is 1. The van der Waals surface area contributed by atoms with Crippen LogP contribution in [0, 0.1) is 5.92 Å². The van der Waals surface area contributed by atoms with Crippen LogP contribution < -0.4 is 5.32 Å². The Morgan fingerprint density at radius 1 is 1.43 bits per heavy atom. The van der Waals surface area contributed by atoms with Gasteiger partial charge in [0, 0.05) is 6.61 Å². The molecule has 14 heavy (non-hydrogen) atoms. The van der Waals surface area contributed by atoms with Crippen molar-refractivity contribution in [2.24, 2.45) is 5.92 Å². The summed E-state index contributed by atoms with van der Waals surface area (Å²) >= 11 is 0. The molecule has 0 spiro atoms. The van der Waals surface area contributed by atoms with E-state index in [1.807, 2.05) is 0 Å². The van der Waals surface area contributed by atoms with Gasteiger partial charge in [-0.15, -0.1) is 0 Å². The molecular weight excluding hydrogens is 174 g/mol. The molecule has 0 aromatic carbocycles. The Labute approximate surface area is 88.4 Å². The maximum atomic E-state index is 5.64. The van der Waals surface area contributed by atoms with Crippen molar-refractivity contribution >= 4 is 0 Å². The van der Waals surface area contributed by atoms with Gasteiger partial charge in [-0.3, -0.25) is 0 Å². The molecular formula is C12H25NO. The van der Waals surface area contributed by atoms with Gasteiger partial charge in [0.05, 0.1) is 6.10 Å². The third-order valence-electron chi connectivity index (χ3n) is 3.11. The van der Waals surface area contributed by atoms with Crippen LogP contribution in [0.2, 0.25) is 0 Å². The van der Waals surface area contributed by atoms with Crippen LogP contribution in [0.15, 0.2) is 0 Å². The monoisotopic (exact) mass is 199 g/mol. The number of hydrogen-bond acceptors (Lipinski definition) is 2. The van der Waals surface area contributed by atoms with E-state index in [2.05, 4.69) is 19.3 Å². The molecule has 2 heteroatoms. The molecule has 0 bridgehead atoms. The third-order valence-corrected chi connectivity index (χ3v) is 3.11. The predicted molar refractivity (Wildman–Crippen MR) is 60.5 cm³/mol. The Bertz CT molecular complexity index is 126. The van der Waals surface area contributed by atoms with E-state index in [0.717, 1.165) is 12.5 Å². The quantitative estimate of drug-likeness (QED) is 0.680. The first-order chi connectivity index (χ1) is 6.86. The largest absolute Gasteiger partial charge is 0.378 e. The molecule has 1 fully saturated rings. The summed E-state index contributed by atoms with van der Waals surface area (Å²) in [5.41, 5.74) is 0. The van der Waals surface area contributed by atoms with E-state index in [1.165, 1.54) is 45.1 Å². The summed E-state index contributed by atoms with van der Waals surface area (Å²) in [6, 6.07) is 0. The Morgan fingerprint density at radius 2 is 2.29 bits per heavy atom. The molecule has 1 aliphatic heterocycles. The Hall–Kier alpha value is -0.0800. The molecule has 0 aliphatic carbocycles. The van der Waals surface area contributed by atoms with Crippen LogP contribution in [0.25, 0.3) is 0 Å². The summed E-state index contributed by atoms with van der Waals surface area (Å²) in [6.45, 7) is 4.43. The highest BCUT2D eigenvalue weighted by atomic mass is 16.5. The lowest BCUT2D eigenvalue weighted by atomic mass is 9.95. The van der Waals surface area contributed by atoms with Crippen LogP contribution in [-0.4, -0.2) is 26.3 Å². The molecule has 1 heterocycles. The standard InChI is InChI=1S/C12H25NO/c1-3-5-11(10-13-2)7-8-12-6-4-9-14-12/h11-13H,3-10H2,1-2H3. The van der Waals surface area contributed by atoms with Gasteiger partial charge in [-0.05, 0) is 51.6 Å². The number of rotatable bonds is 7. The molecule has 0 amide bonds. The molecule has 84 valence electrons. The van der Waals surface area contributed by atoms with Crippen LogP contribution in [0.3, 0.4) is 0 Å². The molecule has 1 saturated heterocycles. The molecule has 1 rings (SSSR count). The second kappa shape index (κ2) is 7.24. The lowest BCUT2D eigenvalue weighted by Gasteiger charge is -2.17. The van der Waals surface area contributed by atoms with Gasteiger partial charge in [0.1, 0.15) is 0 Å². The number of ether oxygens (including phenoxy) is 1. The molecule has 0 aromatic rings. The SMILES string of the molecule is CCCC(CCC1CCCO1)CNC. The summed E-state index contributed by atoms with van der Waals surface area (Å²) in [6.07, 6.45) is 8.40. The fourth-order valence-corrected chi connectivity index (χ4v) is 2.34. The smallest absolute Gasteiger partial charge is 0.0576 e. The zero-order valence-electron chi connectivity index (χ0n) is 9.72. The zero-order chi connectivity index (χ0) is 10.2. The lowest BCUT2D eigenvalue weighted by Crippen LogP contribution is -2.20. The zero-order valence-corrected chi connectivity index (χ0v) is 9.72. The van der Waals surface area contributed by atoms with E-state index in [9.17, 15) is 0 Å². The Morgan fingerprint density at radius 3 is 2.86 bits per heavy atom. The third kappa shape index (κ3) is 4.43. The average Bonchev–Trinajstić information content (AvgIpc) is 2.67. The van der Waals surface area contributed by atoms with Gasteiger partial charge < -0.3 is 10.1 Å². The van der Waals surface area contributed by atoms with E-state index in [0.29, 0.717) is 6.10 Å². The molecule has 2 nitrogen and oxygen atoms in total. The van der Waals surface area contributed by atoms with Gasteiger partial charge in [-0.2, -0.15) is 0 Å².